The van der Waals surface area contributed by atoms with E-state index in [2.05, 4.69) is 15.3 Å². The minimum absolute atomic E-state index is 0.163. The molecule has 1 amide bonds. The molecule has 1 heterocycles. The molecule has 0 bridgehead atoms. The molecule has 5 nitrogen and oxygen atoms in total. The highest BCUT2D eigenvalue weighted by Crippen LogP contribution is 2.03. The number of nitrogens with zero attached hydrogens (tertiary/aromatic N) is 1. The molecule has 0 aliphatic carbocycles. The summed E-state index contributed by atoms with van der Waals surface area (Å²) in [6.45, 7) is 0.509. The van der Waals surface area contributed by atoms with E-state index in [1.165, 1.54) is 17.8 Å². The van der Waals surface area contributed by atoms with Crippen molar-refractivity contribution < 1.29 is 4.79 Å². The highest BCUT2D eigenvalue weighted by Gasteiger charge is 2.09. The Balaban J connectivity index is 1.95. The van der Waals surface area contributed by atoms with Crippen molar-refractivity contribution in [3.8, 4) is 0 Å². The molecule has 0 saturated heterocycles. The Labute approximate surface area is 127 Å². The maximum absolute atomic E-state index is 12.0. The van der Waals surface area contributed by atoms with Crippen LogP contribution in [0.5, 0.6) is 0 Å². The molecule has 0 aliphatic rings. The fourth-order valence-electron chi connectivity index (χ4n) is 1.89. The number of hydrogen-bond donors (Lipinski definition) is 2. The fraction of sp³-hybridized carbons (Fsp3) is 0.267. The van der Waals surface area contributed by atoms with Gasteiger partial charge in [0.1, 0.15) is 11.5 Å². The van der Waals surface area contributed by atoms with E-state index in [0.717, 1.165) is 12.0 Å². The normalized spacial score (nSPS) is 10.3. The zero-order valence-electron chi connectivity index (χ0n) is 11.8. The molecular formula is C15H17N3O2S. The summed E-state index contributed by atoms with van der Waals surface area (Å²) < 4.78 is 0. The quantitative estimate of drug-likeness (QED) is 0.850. The predicted octanol–water partition coefficient (Wildman–Crippen LogP) is 1.61. The van der Waals surface area contributed by atoms with Crippen molar-refractivity contribution in [3.05, 3.63) is 63.8 Å². The smallest absolute Gasteiger partial charge is 0.270 e. The first-order chi connectivity index (χ1) is 10.2. The van der Waals surface area contributed by atoms with Crippen LogP contribution in [0.3, 0.4) is 0 Å². The number of aromatic nitrogens is 2. The van der Waals surface area contributed by atoms with Gasteiger partial charge < -0.3 is 10.3 Å². The molecule has 0 fully saturated rings. The number of amides is 1. The van der Waals surface area contributed by atoms with E-state index in [4.69, 9.17) is 0 Å². The molecule has 0 saturated carbocycles. The molecule has 0 radical (unpaired) electrons. The number of H-pyrrole nitrogens is 1. The summed E-state index contributed by atoms with van der Waals surface area (Å²) in [6, 6.07) is 11.1. The second-order valence-electron chi connectivity index (χ2n) is 4.50. The molecule has 1 aromatic carbocycles. The van der Waals surface area contributed by atoms with Crippen LogP contribution in [0.25, 0.3) is 0 Å². The van der Waals surface area contributed by atoms with E-state index in [9.17, 15) is 9.59 Å². The first-order valence-electron chi connectivity index (χ1n) is 6.60. The Kier molecular flexibility index (Phi) is 5.57. The minimum Gasteiger partial charge on any atom is -0.350 e. The minimum atomic E-state index is -0.320. The SMILES string of the molecule is CSCc1nc(C(=O)NCCc2ccccc2)cc(=O)[nH]1. The van der Waals surface area contributed by atoms with E-state index in [1.807, 2.05) is 36.6 Å². The van der Waals surface area contributed by atoms with E-state index >= 15 is 0 Å². The standard InChI is InChI=1S/C15H17N3O2S/c1-21-10-13-17-12(9-14(19)18-13)15(20)16-8-7-11-5-3-2-4-6-11/h2-6,9H,7-8,10H2,1H3,(H,16,20)(H,17,18,19). The van der Waals surface area contributed by atoms with E-state index in [1.54, 1.807) is 0 Å². The van der Waals surface area contributed by atoms with E-state index in [-0.39, 0.29) is 17.2 Å². The van der Waals surface area contributed by atoms with E-state index < -0.39 is 0 Å². The molecule has 0 aliphatic heterocycles. The summed E-state index contributed by atoms with van der Waals surface area (Å²) in [5.41, 5.74) is 1.01. The van der Waals surface area contributed by atoms with Crippen molar-refractivity contribution in [3.63, 3.8) is 0 Å². The third-order valence-electron chi connectivity index (χ3n) is 2.85. The van der Waals surface area contributed by atoms with Crippen LogP contribution >= 0.6 is 11.8 Å². The van der Waals surface area contributed by atoms with Gasteiger partial charge in [-0.1, -0.05) is 30.3 Å². The van der Waals surface area contributed by atoms with Gasteiger partial charge in [-0.15, -0.1) is 0 Å². The maximum atomic E-state index is 12.0. The van der Waals surface area contributed by atoms with Crippen LogP contribution in [0.1, 0.15) is 21.9 Å². The Morgan fingerprint density at radius 3 is 2.81 bits per heavy atom. The van der Waals surface area contributed by atoms with Crippen molar-refractivity contribution in [1.29, 1.82) is 0 Å². The van der Waals surface area contributed by atoms with Gasteiger partial charge in [0.15, 0.2) is 0 Å². The van der Waals surface area contributed by atoms with Gasteiger partial charge in [-0.3, -0.25) is 9.59 Å². The van der Waals surface area contributed by atoms with E-state index in [0.29, 0.717) is 18.1 Å². The van der Waals surface area contributed by atoms with Crippen molar-refractivity contribution in [2.45, 2.75) is 12.2 Å². The number of rotatable bonds is 6. The monoisotopic (exact) mass is 303 g/mol. The Morgan fingerprint density at radius 2 is 2.10 bits per heavy atom. The molecule has 0 unspecified atom stereocenters. The summed E-state index contributed by atoms with van der Waals surface area (Å²) in [5.74, 6) is 0.767. The van der Waals surface area contributed by atoms with Crippen LogP contribution in [-0.4, -0.2) is 28.7 Å². The maximum Gasteiger partial charge on any atom is 0.270 e. The third-order valence-corrected chi connectivity index (χ3v) is 3.41. The molecule has 2 aromatic rings. The molecule has 2 rings (SSSR count). The van der Waals surface area contributed by atoms with Crippen molar-refractivity contribution >= 4 is 17.7 Å². The van der Waals surface area contributed by atoms with Gasteiger partial charge in [0.05, 0.1) is 5.75 Å². The van der Waals surface area contributed by atoms with Crippen molar-refractivity contribution in [2.75, 3.05) is 12.8 Å². The number of aromatic amines is 1. The van der Waals surface area contributed by atoms with Crippen molar-refractivity contribution in [1.82, 2.24) is 15.3 Å². The molecule has 0 atom stereocenters. The molecule has 6 heteroatoms. The lowest BCUT2D eigenvalue weighted by Gasteiger charge is -2.06. The van der Waals surface area contributed by atoms with Gasteiger partial charge >= 0.3 is 0 Å². The average molecular weight is 303 g/mol. The first-order valence-corrected chi connectivity index (χ1v) is 7.99. The zero-order valence-corrected chi connectivity index (χ0v) is 12.6. The van der Waals surface area contributed by atoms with Crippen molar-refractivity contribution in [2.24, 2.45) is 0 Å². The van der Waals surface area contributed by atoms with Gasteiger partial charge in [0.25, 0.3) is 11.5 Å². The van der Waals surface area contributed by atoms with Crippen LogP contribution in [0.4, 0.5) is 0 Å². The number of nitrogens with one attached hydrogen (secondary N) is 2. The summed E-state index contributed by atoms with van der Waals surface area (Å²) in [4.78, 5) is 30.3. The topological polar surface area (TPSA) is 74.8 Å². The summed E-state index contributed by atoms with van der Waals surface area (Å²) in [5, 5.41) is 2.78. The molecule has 2 N–H and O–H groups in total. The first kappa shape index (κ1) is 15.3. The van der Waals surface area contributed by atoms with Gasteiger partial charge in [-0.25, -0.2) is 4.98 Å². The summed E-state index contributed by atoms with van der Waals surface area (Å²) in [7, 11) is 0. The van der Waals surface area contributed by atoms with Crippen LogP contribution in [-0.2, 0) is 12.2 Å². The highest BCUT2D eigenvalue weighted by molar-refractivity contribution is 7.97. The lowest BCUT2D eigenvalue weighted by atomic mass is 10.1. The Bertz CT molecular complexity index is 655. The molecular weight excluding hydrogens is 286 g/mol. The van der Waals surface area contributed by atoms with Crippen LogP contribution in [0.2, 0.25) is 0 Å². The third kappa shape index (κ3) is 4.75. The summed E-state index contributed by atoms with van der Waals surface area (Å²) in [6.07, 6.45) is 2.65. The number of thioether (sulfide) groups is 1. The fourth-order valence-corrected chi connectivity index (χ4v) is 2.30. The number of carbonyl (C=O) groups excluding carboxylic acids is 1. The number of hydrogen-bond acceptors (Lipinski definition) is 4. The molecule has 110 valence electrons. The number of benzene rings is 1. The molecule has 0 spiro atoms. The molecule has 1 aromatic heterocycles. The van der Waals surface area contributed by atoms with Crippen LogP contribution in [0, 0.1) is 0 Å². The predicted molar refractivity (Wildman–Crippen MR) is 84.6 cm³/mol. The summed E-state index contributed by atoms with van der Waals surface area (Å²) >= 11 is 1.53. The molecule has 21 heavy (non-hydrogen) atoms. The zero-order chi connectivity index (χ0) is 15.1. The van der Waals surface area contributed by atoms with Gasteiger partial charge in [-0.05, 0) is 18.2 Å². The van der Waals surface area contributed by atoms with Crippen LogP contribution in [0.15, 0.2) is 41.2 Å². The Hall–Kier alpha value is -2.08. The van der Waals surface area contributed by atoms with Gasteiger partial charge in [0, 0.05) is 12.6 Å². The lowest BCUT2D eigenvalue weighted by molar-refractivity contribution is 0.0948. The number of carbonyl (C=O) groups is 1. The van der Waals surface area contributed by atoms with Gasteiger partial charge in [0.2, 0.25) is 0 Å². The second-order valence-corrected chi connectivity index (χ2v) is 5.37. The second kappa shape index (κ2) is 7.64. The highest BCUT2D eigenvalue weighted by atomic mass is 32.2. The lowest BCUT2D eigenvalue weighted by Crippen LogP contribution is -2.28. The Morgan fingerprint density at radius 1 is 1.33 bits per heavy atom. The van der Waals surface area contributed by atoms with Gasteiger partial charge in [-0.2, -0.15) is 11.8 Å². The van der Waals surface area contributed by atoms with Crippen LogP contribution < -0.4 is 10.9 Å². The largest absolute Gasteiger partial charge is 0.350 e. The average Bonchev–Trinajstić information content (AvgIpc) is 2.48.